The highest BCUT2D eigenvalue weighted by Gasteiger charge is 2.28. The lowest BCUT2D eigenvalue weighted by Gasteiger charge is -2.21. The highest BCUT2D eigenvalue weighted by atomic mass is 32.1. The molecular formula is C16H17BN2O4S. The van der Waals surface area contributed by atoms with Crippen LogP contribution in [0.4, 0.5) is 4.79 Å². The van der Waals surface area contributed by atoms with Gasteiger partial charge in [0.25, 0.3) is 0 Å². The molecule has 0 spiro atoms. The molecule has 2 N–H and O–H groups in total. The highest BCUT2D eigenvalue weighted by Crippen LogP contribution is 2.30. The maximum absolute atomic E-state index is 12.6. The van der Waals surface area contributed by atoms with Crippen LogP contribution < -0.4 is 5.59 Å². The van der Waals surface area contributed by atoms with E-state index in [1.165, 1.54) is 15.9 Å². The molecule has 24 heavy (non-hydrogen) atoms. The average molecular weight is 344 g/mol. The van der Waals surface area contributed by atoms with Crippen LogP contribution in [0.5, 0.6) is 0 Å². The topological polar surface area (TPSA) is 84.6 Å². The van der Waals surface area contributed by atoms with Crippen molar-refractivity contribution in [3.8, 4) is 10.6 Å². The molecule has 124 valence electrons. The molecule has 3 aromatic heterocycles. The summed E-state index contributed by atoms with van der Waals surface area (Å²) in [6, 6.07) is 7.05. The van der Waals surface area contributed by atoms with E-state index in [-0.39, 0.29) is 5.59 Å². The molecule has 0 saturated carbocycles. The number of hydrogen-bond acceptors (Lipinski definition) is 6. The van der Waals surface area contributed by atoms with Gasteiger partial charge in [0.2, 0.25) is 0 Å². The first-order chi connectivity index (χ1) is 11.3. The Kier molecular flexibility index (Phi) is 4.21. The number of carbonyl (C=O) groups is 1. The zero-order chi connectivity index (χ0) is 17.5. The molecule has 0 unspecified atom stereocenters. The van der Waals surface area contributed by atoms with E-state index in [2.05, 4.69) is 4.98 Å². The van der Waals surface area contributed by atoms with Crippen molar-refractivity contribution in [3.63, 3.8) is 0 Å². The van der Waals surface area contributed by atoms with Crippen molar-refractivity contribution in [2.75, 3.05) is 0 Å². The van der Waals surface area contributed by atoms with Crippen LogP contribution in [0.2, 0.25) is 0 Å². The molecule has 0 aromatic carbocycles. The lowest BCUT2D eigenvalue weighted by molar-refractivity contribution is 0.0547. The normalized spacial score (nSPS) is 11.7. The molecule has 3 aromatic rings. The van der Waals surface area contributed by atoms with Crippen LogP contribution >= 0.6 is 11.3 Å². The number of nitrogens with zero attached hydrogens (tertiary/aromatic N) is 2. The van der Waals surface area contributed by atoms with Gasteiger partial charge in [-0.05, 0) is 44.4 Å². The molecule has 0 radical (unpaired) electrons. The molecule has 0 atom stereocenters. The first-order valence-electron chi connectivity index (χ1n) is 7.41. The summed E-state index contributed by atoms with van der Waals surface area (Å²) in [5, 5.41) is 22.0. The highest BCUT2D eigenvalue weighted by molar-refractivity contribution is 7.13. The second kappa shape index (κ2) is 6.05. The summed E-state index contributed by atoms with van der Waals surface area (Å²) in [5.41, 5.74) is 0.553. The minimum atomic E-state index is -1.80. The van der Waals surface area contributed by atoms with Gasteiger partial charge in [-0.3, -0.25) is 9.55 Å². The number of carbonyl (C=O) groups excluding carboxylic acids is 1. The third kappa shape index (κ3) is 3.08. The van der Waals surface area contributed by atoms with E-state index < -0.39 is 18.8 Å². The van der Waals surface area contributed by atoms with E-state index >= 15 is 0 Å². The Labute approximate surface area is 143 Å². The SMILES string of the molecule is CC(C)(C)OC(=O)n1c(B(O)O)cc2c(-c3cccs3)nccc21. The maximum Gasteiger partial charge on any atom is 0.506 e. The number of thiophene rings is 1. The quantitative estimate of drug-likeness (QED) is 0.697. The van der Waals surface area contributed by atoms with Gasteiger partial charge in [-0.15, -0.1) is 11.3 Å². The zero-order valence-electron chi connectivity index (χ0n) is 13.6. The van der Waals surface area contributed by atoms with Crippen molar-refractivity contribution >= 4 is 41.0 Å². The smallest absolute Gasteiger partial charge is 0.443 e. The lowest BCUT2D eigenvalue weighted by atomic mass is 9.86. The molecule has 8 heteroatoms. The fourth-order valence-corrected chi connectivity index (χ4v) is 3.20. The Morgan fingerprint density at radius 2 is 2.08 bits per heavy atom. The predicted octanol–water partition coefficient (Wildman–Crippen LogP) is 2.23. The summed E-state index contributed by atoms with van der Waals surface area (Å²) in [7, 11) is -1.80. The monoisotopic (exact) mass is 344 g/mol. The Morgan fingerprint density at radius 3 is 2.67 bits per heavy atom. The molecule has 3 heterocycles. The Morgan fingerprint density at radius 1 is 1.33 bits per heavy atom. The van der Waals surface area contributed by atoms with Crippen molar-refractivity contribution < 1.29 is 19.6 Å². The molecule has 3 rings (SSSR count). The Hall–Kier alpha value is -2.16. The molecular weight excluding hydrogens is 327 g/mol. The van der Waals surface area contributed by atoms with Crippen LogP contribution in [0.3, 0.4) is 0 Å². The number of pyridine rings is 1. The van der Waals surface area contributed by atoms with Gasteiger partial charge >= 0.3 is 13.2 Å². The van der Waals surface area contributed by atoms with Gasteiger partial charge in [0.05, 0.1) is 21.7 Å². The van der Waals surface area contributed by atoms with Gasteiger partial charge in [-0.25, -0.2) is 4.79 Å². The van der Waals surface area contributed by atoms with Crippen molar-refractivity contribution in [1.82, 2.24) is 9.55 Å². The zero-order valence-corrected chi connectivity index (χ0v) is 14.4. The minimum Gasteiger partial charge on any atom is -0.443 e. The fraction of sp³-hybridized carbons (Fsp3) is 0.250. The third-order valence-corrected chi connectivity index (χ3v) is 4.23. The molecule has 0 saturated heterocycles. The van der Waals surface area contributed by atoms with Gasteiger partial charge in [0.15, 0.2) is 0 Å². The van der Waals surface area contributed by atoms with E-state index in [0.29, 0.717) is 16.6 Å². The summed E-state index contributed by atoms with van der Waals surface area (Å²) in [6.07, 6.45) is 0.926. The van der Waals surface area contributed by atoms with Crippen LogP contribution in [0.15, 0.2) is 35.8 Å². The van der Waals surface area contributed by atoms with Crippen molar-refractivity contribution in [2.45, 2.75) is 26.4 Å². The van der Waals surface area contributed by atoms with Crippen LogP contribution in [0.1, 0.15) is 20.8 Å². The number of fused-ring (bicyclic) bond motifs is 1. The van der Waals surface area contributed by atoms with E-state index in [9.17, 15) is 14.8 Å². The fourth-order valence-electron chi connectivity index (χ4n) is 2.46. The summed E-state index contributed by atoms with van der Waals surface area (Å²) < 4.78 is 6.58. The summed E-state index contributed by atoms with van der Waals surface area (Å²) >= 11 is 1.52. The molecule has 0 bridgehead atoms. The largest absolute Gasteiger partial charge is 0.506 e. The molecule has 0 aliphatic heterocycles. The van der Waals surface area contributed by atoms with Crippen LogP contribution in [0, 0.1) is 0 Å². The Balaban J connectivity index is 2.23. The van der Waals surface area contributed by atoms with Crippen LogP contribution in [0.25, 0.3) is 21.5 Å². The summed E-state index contributed by atoms with van der Waals surface area (Å²) in [5.74, 6) is 0. The molecule has 0 aliphatic carbocycles. The maximum atomic E-state index is 12.6. The average Bonchev–Trinajstić information content (AvgIpc) is 3.12. The summed E-state index contributed by atoms with van der Waals surface area (Å²) in [6.45, 7) is 5.26. The number of ether oxygens (including phenoxy) is 1. The lowest BCUT2D eigenvalue weighted by Crippen LogP contribution is -2.40. The molecule has 0 aliphatic rings. The van der Waals surface area contributed by atoms with E-state index in [4.69, 9.17) is 4.74 Å². The second-order valence-corrected chi connectivity index (χ2v) is 7.28. The van der Waals surface area contributed by atoms with E-state index in [0.717, 1.165) is 4.88 Å². The first kappa shape index (κ1) is 16.7. The molecule has 6 nitrogen and oxygen atoms in total. The predicted molar refractivity (Wildman–Crippen MR) is 94.5 cm³/mol. The van der Waals surface area contributed by atoms with Crippen molar-refractivity contribution in [2.24, 2.45) is 0 Å². The van der Waals surface area contributed by atoms with Gasteiger partial charge in [-0.1, -0.05) is 6.07 Å². The second-order valence-electron chi connectivity index (χ2n) is 6.33. The number of rotatable bonds is 2. The van der Waals surface area contributed by atoms with Gasteiger partial charge < -0.3 is 14.8 Å². The van der Waals surface area contributed by atoms with Crippen molar-refractivity contribution in [1.29, 1.82) is 0 Å². The van der Waals surface area contributed by atoms with E-state index in [1.54, 1.807) is 39.1 Å². The number of hydrogen-bond donors (Lipinski definition) is 2. The standard InChI is InChI=1S/C16H17BN2O4S/c1-16(2,3)23-15(20)19-11-6-7-18-14(12-5-4-8-24-12)10(11)9-13(19)17(21)22/h4-9,21-22H,1-3H3. The summed E-state index contributed by atoms with van der Waals surface area (Å²) in [4.78, 5) is 17.9. The van der Waals surface area contributed by atoms with Crippen LogP contribution in [-0.4, -0.2) is 38.4 Å². The Bertz CT molecular complexity index is 881. The van der Waals surface area contributed by atoms with Gasteiger partial charge in [-0.2, -0.15) is 0 Å². The minimum absolute atomic E-state index is 0.0463. The van der Waals surface area contributed by atoms with Gasteiger partial charge in [0, 0.05) is 11.6 Å². The van der Waals surface area contributed by atoms with Crippen LogP contribution in [-0.2, 0) is 4.74 Å². The van der Waals surface area contributed by atoms with Gasteiger partial charge in [0.1, 0.15) is 5.60 Å². The third-order valence-electron chi connectivity index (χ3n) is 3.35. The number of aromatic nitrogens is 2. The molecule has 0 fully saturated rings. The molecule has 0 amide bonds. The first-order valence-corrected chi connectivity index (χ1v) is 8.29. The van der Waals surface area contributed by atoms with Crippen molar-refractivity contribution in [3.05, 3.63) is 35.8 Å². The van der Waals surface area contributed by atoms with E-state index in [1.807, 2.05) is 17.5 Å².